The first-order valence-electron chi connectivity index (χ1n) is 11.2. The summed E-state index contributed by atoms with van der Waals surface area (Å²) in [5.74, 6) is -1.69. The largest absolute Gasteiger partial charge is 0.456 e. The molecular weight excluding hydrogens is 567 g/mol. The van der Waals surface area contributed by atoms with Crippen LogP contribution in [0, 0.1) is 6.92 Å². The van der Waals surface area contributed by atoms with E-state index in [0.717, 1.165) is 16.2 Å². The van der Waals surface area contributed by atoms with Gasteiger partial charge in [-0.25, -0.2) is 9.69 Å². The van der Waals surface area contributed by atoms with Crippen molar-refractivity contribution in [2.75, 3.05) is 16.8 Å². The van der Waals surface area contributed by atoms with Crippen molar-refractivity contribution in [2.45, 2.75) is 6.92 Å². The smallest absolute Gasteiger partial charge is 0.338 e. The van der Waals surface area contributed by atoms with E-state index in [0.29, 0.717) is 32.2 Å². The first-order valence-corrected chi connectivity index (χ1v) is 12.8. The number of ether oxygens (including phenoxy) is 2. The number of aromatic nitrogens is 2. The highest BCUT2D eigenvalue weighted by Gasteiger charge is 2.39. The Labute approximate surface area is 235 Å². The van der Waals surface area contributed by atoms with Gasteiger partial charge in [0.1, 0.15) is 16.5 Å². The zero-order valence-corrected chi connectivity index (χ0v) is 22.3. The van der Waals surface area contributed by atoms with Gasteiger partial charge in [0.05, 0.1) is 21.7 Å². The van der Waals surface area contributed by atoms with Gasteiger partial charge in [0, 0.05) is 10.7 Å². The van der Waals surface area contributed by atoms with Gasteiger partial charge in [0.25, 0.3) is 17.7 Å². The third-order valence-corrected chi connectivity index (χ3v) is 6.78. The number of imide groups is 1. The molecule has 0 aliphatic carbocycles. The number of amides is 3. The highest BCUT2D eigenvalue weighted by atomic mass is 35.5. The molecule has 0 fully saturated rings. The van der Waals surface area contributed by atoms with Crippen LogP contribution in [0.2, 0.25) is 10.0 Å². The minimum Gasteiger partial charge on any atom is -0.456 e. The van der Waals surface area contributed by atoms with E-state index >= 15 is 0 Å². The maximum Gasteiger partial charge on any atom is 0.338 e. The number of hydrogen-bond donors (Lipinski definition) is 1. The lowest BCUT2D eigenvalue weighted by molar-refractivity contribution is -0.119. The molecule has 3 amide bonds. The molecule has 5 rings (SSSR count). The van der Waals surface area contributed by atoms with E-state index in [1.54, 1.807) is 49.4 Å². The van der Waals surface area contributed by atoms with Crippen LogP contribution in [0.1, 0.15) is 36.1 Å². The predicted octanol–water partition coefficient (Wildman–Crippen LogP) is 5.54. The second-order valence-corrected chi connectivity index (χ2v) is 10.1. The number of esters is 1. The molecule has 0 unspecified atom stereocenters. The van der Waals surface area contributed by atoms with Crippen molar-refractivity contribution < 1.29 is 28.7 Å². The summed E-state index contributed by atoms with van der Waals surface area (Å²) in [5, 5.41) is 11.9. The molecule has 0 saturated carbocycles. The Morgan fingerprint density at radius 1 is 0.949 bits per heavy atom. The summed E-state index contributed by atoms with van der Waals surface area (Å²) < 4.78 is 10.8. The summed E-state index contributed by atoms with van der Waals surface area (Å²) in [6, 6.07) is 15.3. The normalized spacial score (nSPS) is 12.3. The molecule has 4 aromatic rings. The average molecular weight is 583 g/mol. The van der Waals surface area contributed by atoms with E-state index in [9.17, 15) is 19.2 Å². The molecule has 10 nitrogen and oxygen atoms in total. The number of halogens is 2. The van der Waals surface area contributed by atoms with E-state index in [-0.39, 0.29) is 21.8 Å². The summed E-state index contributed by atoms with van der Waals surface area (Å²) in [6.45, 7) is 1.13. The molecule has 0 bridgehead atoms. The number of carbonyl (C=O) groups is 4. The molecule has 1 aliphatic rings. The van der Waals surface area contributed by atoms with Crippen LogP contribution in [0.25, 0.3) is 0 Å². The van der Waals surface area contributed by atoms with Crippen LogP contribution >= 0.6 is 34.5 Å². The van der Waals surface area contributed by atoms with Gasteiger partial charge in [0.15, 0.2) is 6.61 Å². The highest BCUT2D eigenvalue weighted by Crippen LogP contribution is 2.33. The predicted molar refractivity (Wildman–Crippen MR) is 144 cm³/mol. The average Bonchev–Trinajstić information content (AvgIpc) is 3.44. The van der Waals surface area contributed by atoms with Crippen LogP contribution in [0.4, 0.5) is 10.8 Å². The fraction of sp³-hybridized carbons (Fsp3) is 0.0769. The first-order chi connectivity index (χ1) is 18.7. The Kier molecular flexibility index (Phi) is 7.29. The third-order valence-electron chi connectivity index (χ3n) is 5.42. The monoisotopic (exact) mass is 582 g/mol. The van der Waals surface area contributed by atoms with Gasteiger partial charge < -0.3 is 14.8 Å². The van der Waals surface area contributed by atoms with Crippen molar-refractivity contribution in [3.8, 4) is 11.5 Å². The number of rotatable bonds is 7. The van der Waals surface area contributed by atoms with E-state index in [1.807, 2.05) is 0 Å². The number of nitrogens with zero attached hydrogens (tertiary/aromatic N) is 3. The van der Waals surface area contributed by atoms with Gasteiger partial charge in [-0.05, 0) is 67.6 Å². The van der Waals surface area contributed by atoms with Gasteiger partial charge in [-0.2, -0.15) is 0 Å². The fourth-order valence-corrected chi connectivity index (χ4v) is 4.75. The molecule has 1 aliphatic heterocycles. The van der Waals surface area contributed by atoms with Gasteiger partial charge in [-0.1, -0.05) is 34.5 Å². The second kappa shape index (κ2) is 10.8. The minimum atomic E-state index is -0.831. The van der Waals surface area contributed by atoms with Crippen LogP contribution in [0.3, 0.4) is 0 Å². The Morgan fingerprint density at radius 2 is 1.69 bits per heavy atom. The van der Waals surface area contributed by atoms with Crippen LogP contribution in [-0.4, -0.2) is 40.5 Å². The molecular formula is C26H16Cl2N4O6S. The maximum absolute atomic E-state index is 12.8. The lowest BCUT2D eigenvalue weighted by Gasteiger charge is -2.10. The van der Waals surface area contributed by atoms with Crippen molar-refractivity contribution in [2.24, 2.45) is 0 Å². The second-order valence-electron chi connectivity index (χ2n) is 8.14. The van der Waals surface area contributed by atoms with Crippen LogP contribution in [-0.2, 0) is 9.53 Å². The molecule has 0 saturated heterocycles. The SMILES string of the molecule is Cc1nnc(N2C(=O)c3ccc(C(=O)OCC(=O)Nc4ccc(Oc5ccc(Cl)cc5Cl)cc4)cc3C2=O)s1. The molecule has 1 aromatic heterocycles. The number of hydrogen-bond acceptors (Lipinski definition) is 9. The standard InChI is InChI=1S/C26H16Cl2N4O6S/c1-13-30-31-26(39-13)32-23(34)18-8-2-14(10-19(18)24(32)35)25(36)37-12-22(33)29-16-4-6-17(7-5-16)38-21-9-3-15(27)11-20(21)28/h2-11H,12H2,1H3,(H,29,33). The van der Waals surface area contributed by atoms with E-state index in [2.05, 4.69) is 15.5 Å². The van der Waals surface area contributed by atoms with E-state index in [1.165, 1.54) is 18.2 Å². The van der Waals surface area contributed by atoms with Gasteiger partial charge >= 0.3 is 5.97 Å². The van der Waals surface area contributed by atoms with Crippen molar-refractivity contribution in [3.63, 3.8) is 0 Å². The minimum absolute atomic E-state index is 0.0142. The van der Waals surface area contributed by atoms with Gasteiger partial charge in [-0.3, -0.25) is 14.4 Å². The number of benzene rings is 3. The van der Waals surface area contributed by atoms with Crippen molar-refractivity contribution in [3.05, 3.63) is 92.4 Å². The summed E-state index contributed by atoms with van der Waals surface area (Å²) in [4.78, 5) is 51.3. The molecule has 2 heterocycles. The van der Waals surface area contributed by atoms with Crippen LogP contribution in [0.5, 0.6) is 11.5 Å². The van der Waals surface area contributed by atoms with Crippen LogP contribution < -0.4 is 15.0 Å². The Morgan fingerprint density at radius 3 is 2.38 bits per heavy atom. The Bertz CT molecular complexity index is 1640. The third kappa shape index (κ3) is 5.60. The topological polar surface area (TPSA) is 128 Å². The highest BCUT2D eigenvalue weighted by molar-refractivity contribution is 7.15. The van der Waals surface area contributed by atoms with E-state index < -0.39 is 30.3 Å². The molecule has 196 valence electrons. The number of nitrogens with one attached hydrogen (secondary N) is 1. The molecule has 39 heavy (non-hydrogen) atoms. The summed E-state index contributed by atoms with van der Waals surface area (Å²) in [6.07, 6.45) is 0. The summed E-state index contributed by atoms with van der Waals surface area (Å²) in [7, 11) is 0. The molecule has 0 spiro atoms. The summed E-state index contributed by atoms with van der Waals surface area (Å²) in [5.41, 5.74) is 0.626. The van der Waals surface area contributed by atoms with Gasteiger partial charge in [0.2, 0.25) is 5.13 Å². The zero-order valence-electron chi connectivity index (χ0n) is 19.9. The molecule has 3 aromatic carbocycles. The van der Waals surface area contributed by atoms with Crippen LogP contribution in [0.15, 0.2) is 60.7 Å². The van der Waals surface area contributed by atoms with Crippen molar-refractivity contribution in [1.29, 1.82) is 0 Å². The van der Waals surface area contributed by atoms with E-state index in [4.69, 9.17) is 32.7 Å². The first kappa shape index (κ1) is 26.3. The van der Waals surface area contributed by atoms with Gasteiger partial charge in [-0.15, -0.1) is 10.2 Å². The molecule has 0 atom stereocenters. The Balaban J connectivity index is 1.17. The maximum atomic E-state index is 12.8. The molecule has 1 N–H and O–H groups in total. The number of fused-ring (bicyclic) bond motifs is 1. The lowest BCUT2D eigenvalue weighted by Crippen LogP contribution is -2.29. The van der Waals surface area contributed by atoms with Crippen molar-refractivity contribution in [1.82, 2.24) is 10.2 Å². The fourth-order valence-electron chi connectivity index (χ4n) is 3.62. The number of anilines is 2. The summed E-state index contributed by atoms with van der Waals surface area (Å²) >= 11 is 13.1. The number of aryl methyl sites for hydroxylation is 1. The quantitative estimate of drug-likeness (QED) is 0.222. The van der Waals surface area contributed by atoms with Crippen molar-refractivity contribution >= 4 is 69.0 Å². The Hall–Kier alpha value is -4.32. The molecule has 13 heteroatoms. The zero-order chi connectivity index (χ0) is 27.7. The lowest BCUT2D eigenvalue weighted by atomic mass is 10.1. The molecule has 0 radical (unpaired) electrons. The number of carbonyl (C=O) groups excluding carboxylic acids is 4.